The fourth-order valence-electron chi connectivity index (χ4n) is 2.16. The van der Waals surface area contributed by atoms with Crippen LogP contribution >= 0.6 is 11.8 Å². The molecule has 106 valence electrons. The van der Waals surface area contributed by atoms with Crippen molar-refractivity contribution in [1.82, 2.24) is 15.5 Å². The van der Waals surface area contributed by atoms with E-state index in [1.54, 1.807) is 17.8 Å². The maximum absolute atomic E-state index is 12.1. The number of hydrogen-bond donors (Lipinski definition) is 3. The van der Waals surface area contributed by atoms with Crippen LogP contribution in [0.3, 0.4) is 0 Å². The predicted octanol–water partition coefficient (Wildman–Crippen LogP) is 1.26. The second-order valence-electron chi connectivity index (χ2n) is 4.61. The number of rotatable bonds is 4. The van der Waals surface area contributed by atoms with Crippen molar-refractivity contribution < 1.29 is 14.3 Å². The van der Waals surface area contributed by atoms with E-state index in [1.165, 1.54) is 12.5 Å². The molecule has 0 spiro atoms. The van der Waals surface area contributed by atoms with Gasteiger partial charge in [0.1, 0.15) is 0 Å². The molecule has 1 aliphatic heterocycles. The molecule has 1 amide bonds. The summed E-state index contributed by atoms with van der Waals surface area (Å²) >= 11 is 1.79. The number of thioether (sulfide) groups is 1. The Morgan fingerprint density at radius 1 is 1.65 bits per heavy atom. The molecule has 20 heavy (non-hydrogen) atoms. The molecular formula is C13H15N3O3S. The molecule has 0 bridgehead atoms. The molecule has 1 unspecified atom stereocenters. The van der Waals surface area contributed by atoms with Crippen molar-refractivity contribution >= 4 is 17.7 Å². The Balaban J connectivity index is 1.63. The van der Waals surface area contributed by atoms with Crippen LogP contribution in [0, 0.1) is 0 Å². The van der Waals surface area contributed by atoms with E-state index >= 15 is 0 Å². The van der Waals surface area contributed by atoms with Crippen LogP contribution in [-0.4, -0.2) is 33.5 Å². The third kappa shape index (κ3) is 2.59. The molecule has 0 saturated heterocycles. The van der Waals surface area contributed by atoms with Gasteiger partial charge < -0.3 is 14.8 Å². The van der Waals surface area contributed by atoms with E-state index in [9.17, 15) is 9.90 Å². The molecular weight excluding hydrogens is 278 g/mol. The number of furan rings is 1. The molecule has 7 heteroatoms. The van der Waals surface area contributed by atoms with Gasteiger partial charge in [0.05, 0.1) is 18.6 Å². The standard InChI is InChI=1S/C13H15N3O3S/c17-11(8-1-3-19-6-8)5-14-13(18)12-9-7-20-4-2-10(9)15-16-12/h1,3,6,11,17H,2,4-5,7H2,(H,14,18)(H,15,16). The molecule has 1 aliphatic rings. The molecule has 6 nitrogen and oxygen atoms in total. The summed E-state index contributed by atoms with van der Waals surface area (Å²) in [7, 11) is 0. The number of aromatic nitrogens is 2. The second kappa shape index (κ2) is 5.72. The molecule has 0 aliphatic carbocycles. The van der Waals surface area contributed by atoms with Crippen molar-refractivity contribution in [2.24, 2.45) is 0 Å². The SMILES string of the molecule is O=C(NCC(O)c1ccoc1)c1n[nH]c2c1CSCC2. The van der Waals surface area contributed by atoms with Crippen molar-refractivity contribution in [1.29, 1.82) is 0 Å². The van der Waals surface area contributed by atoms with Gasteiger partial charge in [-0.3, -0.25) is 9.89 Å². The molecule has 3 N–H and O–H groups in total. The highest BCUT2D eigenvalue weighted by Gasteiger charge is 2.22. The first-order valence-corrected chi connectivity index (χ1v) is 7.53. The smallest absolute Gasteiger partial charge is 0.272 e. The summed E-state index contributed by atoms with van der Waals surface area (Å²) in [5, 5.41) is 19.6. The number of H-pyrrole nitrogens is 1. The second-order valence-corrected chi connectivity index (χ2v) is 5.72. The van der Waals surface area contributed by atoms with Crippen LogP contribution in [0.15, 0.2) is 23.0 Å². The molecule has 0 aromatic carbocycles. The van der Waals surface area contributed by atoms with Gasteiger partial charge in [-0.15, -0.1) is 0 Å². The summed E-state index contributed by atoms with van der Waals surface area (Å²) in [6.45, 7) is 0.132. The summed E-state index contributed by atoms with van der Waals surface area (Å²) in [6, 6.07) is 1.67. The van der Waals surface area contributed by atoms with Gasteiger partial charge in [-0.05, 0) is 18.2 Å². The molecule has 0 fully saturated rings. The van der Waals surface area contributed by atoms with Crippen LogP contribution in [0.25, 0.3) is 0 Å². The Kier molecular flexibility index (Phi) is 3.79. The minimum atomic E-state index is -0.776. The van der Waals surface area contributed by atoms with E-state index in [0.29, 0.717) is 11.3 Å². The monoisotopic (exact) mass is 293 g/mol. The zero-order valence-electron chi connectivity index (χ0n) is 10.8. The largest absolute Gasteiger partial charge is 0.472 e. The fourth-order valence-corrected chi connectivity index (χ4v) is 3.16. The van der Waals surface area contributed by atoms with E-state index < -0.39 is 6.10 Å². The Morgan fingerprint density at radius 2 is 2.55 bits per heavy atom. The van der Waals surface area contributed by atoms with E-state index in [4.69, 9.17) is 4.42 Å². The van der Waals surface area contributed by atoms with Gasteiger partial charge >= 0.3 is 0 Å². The van der Waals surface area contributed by atoms with Crippen LogP contribution in [0.1, 0.15) is 33.4 Å². The molecule has 2 aromatic heterocycles. The third-order valence-corrected chi connectivity index (χ3v) is 4.28. The minimum absolute atomic E-state index is 0.132. The van der Waals surface area contributed by atoms with Gasteiger partial charge in [-0.1, -0.05) is 0 Å². The molecule has 3 rings (SSSR count). The fraction of sp³-hybridized carbons (Fsp3) is 0.385. The highest BCUT2D eigenvalue weighted by Crippen LogP contribution is 2.25. The lowest BCUT2D eigenvalue weighted by Crippen LogP contribution is -2.29. The number of nitrogens with zero attached hydrogens (tertiary/aromatic N) is 1. The Labute approximate surface area is 119 Å². The zero-order valence-corrected chi connectivity index (χ0v) is 11.6. The first-order chi connectivity index (χ1) is 9.75. The first-order valence-electron chi connectivity index (χ1n) is 6.38. The van der Waals surface area contributed by atoms with Crippen LogP contribution in [0.5, 0.6) is 0 Å². The lowest BCUT2D eigenvalue weighted by atomic mass is 10.1. The maximum atomic E-state index is 12.1. The number of amides is 1. The van der Waals surface area contributed by atoms with Crippen molar-refractivity contribution in [3.63, 3.8) is 0 Å². The average Bonchev–Trinajstić information content (AvgIpc) is 3.13. The van der Waals surface area contributed by atoms with Gasteiger partial charge in [-0.2, -0.15) is 16.9 Å². The van der Waals surface area contributed by atoms with Gasteiger partial charge in [0.15, 0.2) is 5.69 Å². The van der Waals surface area contributed by atoms with Crippen LogP contribution in [0.4, 0.5) is 0 Å². The lowest BCUT2D eigenvalue weighted by Gasteiger charge is -2.12. The van der Waals surface area contributed by atoms with Crippen LogP contribution in [0.2, 0.25) is 0 Å². The number of aromatic amines is 1. The summed E-state index contributed by atoms with van der Waals surface area (Å²) in [5.74, 6) is 1.60. The van der Waals surface area contributed by atoms with Crippen LogP contribution in [-0.2, 0) is 12.2 Å². The molecule has 3 heterocycles. The molecule has 2 aromatic rings. The predicted molar refractivity (Wildman–Crippen MR) is 74.5 cm³/mol. The Morgan fingerprint density at radius 3 is 3.35 bits per heavy atom. The normalized spacial score (nSPS) is 15.7. The minimum Gasteiger partial charge on any atom is -0.472 e. The topological polar surface area (TPSA) is 91.2 Å². The van der Waals surface area contributed by atoms with E-state index in [2.05, 4.69) is 15.5 Å². The lowest BCUT2D eigenvalue weighted by molar-refractivity contribution is 0.0910. The number of aryl methyl sites for hydroxylation is 1. The van der Waals surface area contributed by atoms with Crippen molar-refractivity contribution in [3.8, 4) is 0 Å². The van der Waals surface area contributed by atoms with Crippen molar-refractivity contribution in [3.05, 3.63) is 41.1 Å². The number of nitrogens with one attached hydrogen (secondary N) is 2. The highest BCUT2D eigenvalue weighted by atomic mass is 32.2. The summed E-state index contributed by atoms with van der Waals surface area (Å²) < 4.78 is 4.90. The summed E-state index contributed by atoms with van der Waals surface area (Å²) in [5.41, 5.74) is 3.11. The van der Waals surface area contributed by atoms with Gasteiger partial charge in [-0.25, -0.2) is 0 Å². The Hall–Kier alpha value is -1.73. The van der Waals surface area contributed by atoms with Crippen molar-refractivity contribution in [2.45, 2.75) is 18.3 Å². The zero-order chi connectivity index (χ0) is 13.9. The van der Waals surface area contributed by atoms with E-state index in [0.717, 1.165) is 29.2 Å². The molecule has 0 saturated carbocycles. The average molecular weight is 293 g/mol. The summed E-state index contributed by atoms with van der Waals surface area (Å²) in [6.07, 6.45) is 3.09. The molecule has 1 atom stereocenters. The number of hydrogen-bond acceptors (Lipinski definition) is 5. The maximum Gasteiger partial charge on any atom is 0.272 e. The number of fused-ring (bicyclic) bond motifs is 1. The number of aliphatic hydroxyl groups is 1. The van der Waals surface area contributed by atoms with Gasteiger partial charge in [0.2, 0.25) is 0 Å². The third-order valence-electron chi connectivity index (χ3n) is 3.29. The quantitative estimate of drug-likeness (QED) is 0.789. The van der Waals surface area contributed by atoms with Gasteiger partial charge in [0.25, 0.3) is 5.91 Å². The highest BCUT2D eigenvalue weighted by molar-refractivity contribution is 7.98. The van der Waals surface area contributed by atoms with E-state index in [-0.39, 0.29) is 12.5 Å². The number of aliphatic hydroxyl groups excluding tert-OH is 1. The first kappa shape index (κ1) is 13.3. The number of carbonyl (C=O) groups excluding carboxylic acids is 1. The number of carbonyl (C=O) groups is 1. The Bertz CT molecular complexity index is 594. The van der Waals surface area contributed by atoms with Crippen LogP contribution < -0.4 is 5.32 Å². The molecule has 0 radical (unpaired) electrons. The van der Waals surface area contributed by atoms with Gasteiger partial charge in [0, 0.05) is 29.1 Å². The van der Waals surface area contributed by atoms with E-state index in [1.807, 2.05) is 0 Å². The van der Waals surface area contributed by atoms with Crippen molar-refractivity contribution in [2.75, 3.05) is 12.3 Å². The summed E-state index contributed by atoms with van der Waals surface area (Å²) in [4.78, 5) is 12.1.